The highest BCUT2D eigenvalue weighted by Gasteiger charge is 2.29. The van der Waals surface area contributed by atoms with Gasteiger partial charge in [-0.1, -0.05) is 23.7 Å². The van der Waals surface area contributed by atoms with Gasteiger partial charge in [-0.2, -0.15) is 5.21 Å². The lowest BCUT2D eigenvalue weighted by Crippen LogP contribution is -2.38. The van der Waals surface area contributed by atoms with E-state index in [1.165, 1.54) is 17.4 Å². The maximum absolute atomic E-state index is 14.9. The fourth-order valence-electron chi connectivity index (χ4n) is 4.82. The molecule has 2 N–H and O–H groups in total. The molecule has 9 nitrogen and oxygen atoms in total. The van der Waals surface area contributed by atoms with Gasteiger partial charge in [0.15, 0.2) is 0 Å². The summed E-state index contributed by atoms with van der Waals surface area (Å²) < 4.78 is 17.6. The zero-order chi connectivity index (χ0) is 24.6. The average molecular weight is 523 g/mol. The Morgan fingerprint density at radius 1 is 1.22 bits per heavy atom. The van der Waals surface area contributed by atoms with E-state index in [1.807, 2.05) is 6.07 Å². The molecule has 36 heavy (non-hydrogen) atoms. The lowest BCUT2D eigenvalue weighted by atomic mass is 9.90. The molecule has 0 aliphatic heterocycles. The Hall–Kier alpha value is -3.70. The van der Waals surface area contributed by atoms with Crippen LogP contribution in [-0.2, 0) is 0 Å². The van der Waals surface area contributed by atoms with Gasteiger partial charge in [-0.3, -0.25) is 9.78 Å². The van der Waals surface area contributed by atoms with Gasteiger partial charge >= 0.3 is 0 Å². The molecule has 0 bridgehead atoms. The van der Waals surface area contributed by atoms with E-state index < -0.39 is 0 Å². The fraction of sp³-hybridized carbons (Fsp3) is 0.250. The number of H-pyrrole nitrogens is 1. The van der Waals surface area contributed by atoms with Crippen molar-refractivity contribution < 1.29 is 9.18 Å². The number of amides is 1. The standard InChI is InChI=1S/C24H20ClFN8OS/c25-21-9-8-20(36-21)24(35)28-13-4-3-5-14(10-13)34-19-11-17(22-30-32-33-31-22)27-12-18(19)29-23(34)15-6-1-2-7-16(15)26/h1-2,6-9,11-14H,3-5,10H2,(H,28,35)(H,30,31,32,33)/t13-,14+/m0/s1. The molecule has 1 aliphatic rings. The third kappa shape index (κ3) is 4.24. The number of nitrogens with one attached hydrogen (secondary N) is 2. The van der Waals surface area contributed by atoms with Gasteiger partial charge in [0.25, 0.3) is 5.91 Å². The molecule has 1 amide bonds. The van der Waals surface area contributed by atoms with E-state index in [0.717, 1.165) is 24.8 Å². The molecule has 1 aliphatic carbocycles. The number of halogens is 2. The highest BCUT2D eigenvalue weighted by Crippen LogP contribution is 2.37. The van der Waals surface area contributed by atoms with Gasteiger partial charge < -0.3 is 9.88 Å². The summed E-state index contributed by atoms with van der Waals surface area (Å²) >= 11 is 7.27. The number of thiophene rings is 1. The summed E-state index contributed by atoms with van der Waals surface area (Å²) in [7, 11) is 0. The Kier molecular flexibility index (Phi) is 5.94. The molecule has 0 saturated heterocycles. The second kappa shape index (κ2) is 9.40. The molecule has 1 fully saturated rings. The van der Waals surface area contributed by atoms with Crippen molar-refractivity contribution in [3.05, 3.63) is 63.7 Å². The molecule has 12 heteroatoms. The predicted octanol–water partition coefficient (Wildman–Crippen LogP) is 5.05. The number of fused-ring (bicyclic) bond motifs is 1. The maximum Gasteiger partial charge on any atom is 0.261 e. The number of pyridine rings is 1. The SMILES string of the molecule is O=C(N[C@H]1CCC[C@@H](n2c(-c3ccccc3F)nc3cnc(-c4nn[nH]n4)cc32)C1)c1ccc(Cl)s1. The monoisotopic (exact) mass is 522 g/mol. The summed E-state index contributed by atoms with van der Waals surface area (Å²) in [5.74, 6) is 0.402. The number of carbonyl (C=O) groups excluding carboxylic acids is 1. The van der Waals surface area contributed by atoms with Crippen LogP contribution in [0.3, 0.4) is 0 Å². The summed E-state index contributed by atoms with van der Waals surface area (Å²) in [6.45, 7) is 0. The third-order valence-corrected chi connectivity index (χ3v) is 7.64. The molecular weight excluding hydrogens is 503 g/mol. The number of imidazole rings is 1. The van der Waals surface area contributed by atoms with Crippen LogP contribution in [0.2, 0.25) is 4.34 Å². The minimum atomic E-state index is -0.351. The first kappa shape index (κ1) is 22.7. The first-order chi connectivity index (χ1) is 17.6. The number of hydrogen-bond acceptors (Lipinski definition) is 7. The van der Waals surface area contributed by atoms with Crippen LogP contribution in [0.4, 0.5) is 4.39 Å². The molecule has 2 atom stereocenters. The molecule has 0 spiro atoms. The van der Waals surface area contributed by atoms with Gasteiger partial charge in [0.1, 0.15) is 22.9 Å². The van der Waals surface area contributed by atoms with Gasteiger partial charge in [-0.25, -0.2) is 9.37 Å². The number of aromatic nitrogens is 7. The van der Waals surface area contributed by atoms with Crippen LogP contribution in [0.15, 0.2) is 48.7 Å². The summed E-state index contributed by atoms with van der Waals surface area (Å²) in [4.78, 5) is 22.6. The van der Waals surface area contributed by atoms with E-state index in [1.54, 1.807) is 36.5 Å². The van der Waals surface area contributed by atoms with E-state index in [2.05, 4.69) is 35.5 Å². The van der Waals surface area contributed by atoms with Crippen LogP contribution in [0.1, 0.15) is 41.4 Å². The summed E-state index contributed by atoms with van der Waals surface area (Å²) in [5, 5.41) is 17.3. The zero-order valence-corrected chi connectivity index (χ0v) is 20.4. The Morgan fingerprint density at radius 2 is 2.11 bits per heavy atom. The first-order valence-electron chi connectivity index (χ1n) is 11.5. The Balaban J connectivity index is 1.40. The molecule has 1 aromatic carbocycles. The Bertz CT molecular complexity index is 1550. The molecule has 4 aromatic heterocycles. The van der Waals surface area contributed by atoms with Crippen LogP contribution < -0.4 is 5.32 Å². The summed E-state index contributed by atoms with van der Waals surface area (Å²) in [6, 6.07) is 11.9. The zero-order valence-electron chi connectivity index (χ0n) is 18.9. The van der Waals surface area contributed by atoms with E-state index in [9.17, 15) is 9.18 Å². The summed E-state index contributed by atoms with van der Waals surface area (Å²) in [5.41, 5.74) is 2.38. The van der Waals surface area contributed by atoms with Crippen molar-refractivity contribution in [2.24, 2.45) is 0 Å². The Morgan fingerprint density at radius 3 is 2.89 bits per heavy atom. The quantitative estimate of drug-likeness (QED) is 0.334. The van der Waals surface area contributed by atoms with Crippen molar-refractivity contribution in [2.75, 3.05) is 0 Å². The topological polar surface area (TPSA) is 114 Å². The van der Waals surface area contributed by atoms with E-state index >= 15 is 0 Å². The smallest absolute Gasteiger partial charge is 0.261 e. The van der Waals surface area contributed by atoms with Crippen molar-refractivity contribution in [3.8, 4) is 22.9 Å². The maximum atomic E-state index is 14.9. The number of carbonyl (C=O) groups is 1. The molecule has 5 aromatic rings. The van der Waals surface area contributed by atoms with Crippen LogP contribution in [0, 0.1) is 5.82 Å². The van der Waals surface area contributed by atoms with E-state index in [0.29, 0.717) is 44.1 Å². The van der Waals surface area contributed by atoms with E-state index in [4.69, 9.17) is 16.6 Å². The molecular formula is C24H20ClFN8OS. The lowest BCUT2D eigenvalue weighted by Gasteiger charge is -2.32. The van der Waals surface area contributed by atoms with Gasteiger partial charge in [-0.15, -0.1) is 21.5 Å². The Labute approximate surface area is 213 Å². The van der Waals surface area contributed by atoms with Gasteiger partial charge in [0, 0.05) is 12.1 Å². The average Bonchev–Trinajstić information content (AvgIpc) is 3.64. The molecule has 182 valence electrons. The molecule has 4 heterocycles. The number of tetrazole rings is 1. The van der Waals surface area contributed by atoms with Crippen LogP contribution in [0.5, 0.6) is 0 Å². The highest BCUT2D eigenvalue weighted by atomic mass is 35.5. The minimum Gasteiger partial charge on any atom is -0.349 e. The summed E-state index contributed by atoms with van der Waals surface area (Å²) in [6.07, 6.45) is 4.95. The lowest BCUT2D eigenvalue weighted by molar-refractivity contribution is 0.0925. The van der Waals surface area contributed by atoms with Crippen LogP contribution in [0.25, 0.3) is 33.9 Å². The third-order valence-electron chi connectivity index (χ3n) is 6.41. The first-order valence-corrected chi connectivity index (χ1v) is 12.7. The number of aromatic amines is 1. The minimum absolute atomic E-state index is 0.0175. The predicted molar refractivity (Wildman–Crippen MR) is 134 cm³/mol. The largest absolute Gasteiger partial charge is 0.349 e. The molecule has 6 rings (SSSR count). The fourth-order valence-corrected chi connectivity index (χ4v) is 5.76. The molecule has 1 saturated carbocycles. The second-order valence-corrected chi connectivity index (χ2v) is 10.4. The van der Waals surface area contributed by atoms with Crippen LogP contribution >= 0.6 is 22.9 Å². The highest BCUT2D eigenvalue weighted by molar-refractivity contribution is 7.18. The number of rotatable bonds is 5. The molecule has 0 unspecified atom stereocenters. The normalized spacial score (nSPS) is 17.9. The van der Waals surface area contributed by atoms with Gasteiger partial charge in [0.2, 0.25) is 5.82 Å². The second-order valence-electron chi connectivity index (χ2n) is 8.67. The van der Waals surface area contributed by atoms with Crippen molar-refractivity contribution in [1.82, 2.24) is 40.5 Å². The van der Waals surface area contributed by atoms with Crippen LogP contribution in [-0.4, -0.2) is 47.1 Å². The van der Waals surface area contributed by atoms with Gasteiger partial charge in [0.05, 0.1) is 26.5 Å². The van der Waals surface area contributed by atoms with Crippen molar-refractivity contribution in [2.45, 2.75) is 37.8 Å². The van der Waals surface area contributed by atoms with Crippen molar-refractivity contribution in [3.63, 3.8) is 0 Å². The van der Waals surface area contributed by atoms with Crippen molar-refractivity contribution in [1.29, 1.82) is 0 Å². The number of benzene rings is 1. The van der Waals surface area contributed by atoms with E-state index in [-0.39, 0.29) is 23.8 Å². The number of nitrogens with zero attached hydrogens (tertiary/aromatic N) is 6. The molecule has 0 radical (unpaired) electrons. The number of hydrogen-bond donors (Lipinski definition) is 2. The van der Waals surface area contributed by atoms with Crippen molar-refractivity contribution >= 4 is 39.9 Å². The van der Waals surface area contributed by atoms with Gasteiger partial charge in [-0.05, 0) is 61.2 Å².